The SMILES string of the molecule is CCNC(=NCc1nccn1CC(C)C)NC1CCN(c2c(F)cccc2F)C1.I. The van der Waals surface area contributed by atoms with Gasteiger partial charge in [0.1, 0.15) is 29.7 Å². The first-order valence-corrected chi connectivity index (χ1v) is 10.2. The first-order chi connectivity index (χ1) is 14.0. The van der Waals surface area contributed by atoms with E-state index in [0.29, 0.717) is 31.5 Å². The van der Waals surface area contributed by atoms with E-state index in [1.165, 1.54) is 18.2 Å². The molecule has 2 heterocycles. The minimum Gasteiger partial charge on any atom is -0.365 e. The van der Waals surface area contributed by atoms with Gasteiger partial charge in [0.2, 0.25) is 0 Å². The maximum absolute atomic E-state index is 14.1. The Morgan fingerprint density at radius 2 is 2.03 bits per heavy atom. The third-order valence-electron chi connectivity index (χ3n) is 4.87. The zero-order valence-electron chi connectivity index (χ0n) is 17.7. The average molecular weight is 532 g/mol. The molecule has 1 aliphatic heterocycles. The van der Waals surface area contributed by atoms with E-state index in [1.54, 1.807) is 11.1 Å². The van der Waals surface area contributed by atoms with Crippen LogP contribution in [-0.2, 0) is 13.1 Å². The molecule has 0 saturated carbocycles. The molecule has 3 rings (SSSR count). The predicted octanol–water partition coefficient (Wildman–Crippen LogP) is 3.77. The van der Waals surface area contributed by atoms with Crippen molar-refractivity contribution in [1.82, 2.24) is 20.2 Å². The summed E-state index contributed by atoms with van der Waals surface area (Å²) in [5, 5.41) is 6.64. The maximum atomic E-state index is 14.1. The molecule has 1 aromatic heterocycles. The van der Waals surface area contributed by atoms with Crippen LogP contribution >= 0.6 is 24.0 Å². The van der Waals surface area contributed by atoms with Crippen molar-refractivity contribution in [2.24, 2.45) is 10.9 Å². The topological polar surface area (TPSA) is 57.5 Å². The van der Waals surface area contributed by atoms with Crippen LogP contribution in [-0.4, -0.2) is 41.2 Å². The molecule has 1 aromatic carbocycles. The van der Waals surface area contributed by atoms with Crippen molar-refractivity contribution in [1.29, 1.82) is 0 Å². The molecule has 2 aromatic rings. The van der Waals surface area contributed by atoms with Crippen molar-refractivity contribution in [2.75, 3.05) is 24.5 Å². The Balaban J connectivity index is 0.00000320. The summed E-state index contributed by atoms with van der Waals surface area (Å²) in [5.41, 5.74) is 0.0504. The van der Waals surface area contributed by atoms with Gasteiger partial charge in [-0.25, -0.2) is 18.8 Å². The molecule has 0 aliphatic carbocycles. The van der Waals surface area contributed by atoms with Gasteiger partial charge in [0.05, 0.1) is 0 Å². The van der Waals surface area contributed by atoms with Crippen LogP contribution in [0.15, 0.2) is 35.6 Å². The standard InChI is InChI=1S/C21H30F2N6.HI/c1-4-24-21(26-12-19-25-9-11-28(19)13-15(2)3)27-16-8-10-29(14-16)20-17(22)6-5-7-18(20)23;/h5-7,9,11,15-16H,4,8,10,12-14H2,1-3H3,(H2,24,26,27);1H. The normalized spacial score (nSPS) is 16.7. The van der Waals surface area contributed by atoms with Gasteiger partial charge in [-0.2, -0.15) is 0 Å². The van der Waals surface area contributed by atoms with E-state index < -0.39 is 11.6 Å². The number of nitrogens with one attached hydrogen (secondary N) is 2. The van der Waals surface area contributed by atoms with Crippen LogP contribution in [0.5, 0.6) is 0 Å². The molecule has 1 fully saturated rings. The first kappa shape index (κ1) is 24.4. The molecular formula is C21H31F2IN6. The highest BCUT2D eigenvalue weighted by Crippen LogP contribution is 2.26. The highest BCUT2D eigenvalue weighted by molar-refractivity contribution is 14.0. The highest BCUT2D eigenvalue weighted by atomic mass is 127. The minimum atomic E-state index is -0.525. The number of guanidine groups is 1. The number of aliphatic imine (C=N–C) groups is 1. The lowest BCUT2D eigenvalue weighted by Crippen LogP contribution is -2.44. The number of benzene rings is 1. The molecule has 1 unspecified atom stereocenters. The molecule has 9 heteroatoms. The molecule has 0 radical (unpaired) electrons. The van der Waals surface area contributed by atoms with Crippen LogP contribution in [0, 0.1) is 17.6 Å². The number of halogens is 3. The molecule has 1 aliphatic rings. The second-order valence-corrected chi connectivity index (χ2v) is 7.73. The Bertz CT molecular complexity index is 818. The number of anilines is 1. The Kier molecular flexibility index (Phi) is 9.32. The molecule has 1 saturated heterocycles. The second-order valence-electron chi connectivity index (χ2n) is 7.73. The van der Waals surface area contributed by atoms with Crippen LogP contribution in [0.3, 0.4) is 0 Å². The lowest BCUT2D eigenvalue weighted by Gasteiger charge is -2.21. The number of aromatic nitrogens is 2. The Morgan fingerprint density at radius 1 is 1.30 bits per heavy atom. The average Bonchev–Trinajstić information content (AvgIpc) is 3.29. The molecule has 2 N–H and O–H groups in total. The minimum absolute atomic E-state index is 0. The molecule has 1 atom stereocenters. The fourth-order valence-electron chi connectivity index (χ4n) is 3.59. The fraction of sp³-hybridized carbons (Fsp3) is 0.524. The summed E-state index contributed by atoms with van der Waals surface area (Å²) in [5.74, 6) is 1.08. The van der Waals surface area contributed by atoms with Crippen LogP contribution < -0.4 is 15.5 Å². The second kappa shape index (κ2) is 11.5. The maximum Gasteiger partial charge on any atom is 0.191 e. The van der Waals surface area contributed by atoms with Gasteiger partial charge in [-0.3, -0.25) is 0 Å². The molecular weight excluding hydrogens is 501 g/mol. The van der Waals surface area contributed by atoms with Crippen LogP contribution in [0.1, 0.15) is 33.0 Å². The third-order valence-corrected chi connectivity index (χ3v) is 4.87. The van der Waals surface area contributed by atoms with Gasteiger partial charge in [0.15, 0.2) is 5.96 Å². The number of hydrogen-bond donors (Lipinski definition) is 2. The number of imidazole rings is 1. The van der Waals surface area contributed by atoms with Gasteiger partial charge >= 0.3 is 0 Å². The summed E-state index contributed by atoms with van der Waals surface area (Å²) in [6.07, 6.45) is 4.55. The zero-order valence-corrected chi connectivity index (χ0v) is 20.1. The number of rotatable bonds is 7. The van der Waals surface area contributed by atoms with E-state index in [2.05, 4.69) is 39.0 Å². The van der Waals surface area contributed by atoms with Gasteiger partial charge in [0, 0.05) is 44.6 Å². The molecule has 0 spiro atoms. The quantitative estimate of drug-likeness (QED) is 0.324. The van der Waals surface area contributed by atoms with Crippen molar-refractivity contribution in [3.8, 4) is 0 Å². The summed E-state index contributed by atoms with van der Waals surface area (Å²) in [7, 11) is 0. The van der Waals surface area contributed by atoms with E-state index in [9.17, 15) is 8.78 Å². The Morgan fingerprint density at radius 3 is 2.70 bits per heavy atom. The van der Waals surface area contributed by atoms with Crippen molar-refractivity contribution >= 4 is 35.6 Å². The van der Waals surface area contributed by atoms with Crippen LogP contribution in [0.25, 0.3) is 0 Å². The van der Waals surface area contributed by atoms with E-state index in [-0.39, 0.29) is 35.7 Å². The summed E-state index contributed by atoms with van der Waals surface area (Å²) in [4.78, 5) is 10.8. The van der Waals surface area contributed by atoms with E-state index >= 15 is 0 Å². The Labute approximate surface area is 194 Å². The first-order valence-electron chi connectivity index (χ1n) is 10.2. The van der Waals surface area contributed by atoms with E-state index in [0.717, 1.165) is 25.3 Å². The van der Waals surface area contributed by atoms with Crippen molar-refractivity contribution in [2.45, 2.75) is 46.3 Å². The predicted molar refractivity (Wildman–Crippen MR) is 127 cm³/mol. The lowest BCUT2D eigenvalue weighted by molar-refractivity contribution is 0.507. The van der Waals surface area contributed by atoms with Gasteiger partial charge in [-0.1, -0.05) is 19.9 Å². The third kappa shape index (κ3) is 6.29. The summed E-state index contributed by atoms with van der Waals surface area (Å²) in [6, 6.07) is 4.04. The van der Waals surface area contributed by atoms with Crippen LogP contribution in [0.2, 0.25) is 0 Å². The van der Waals surface area contributed by atoms with Gasteiger partial charge in [-0.05, 0) is 31.4 Å². The number of nitrogens with zero attached hydrogens (tertiary/aromatic N) is 4. The molecule has 166 valence electrons. The smallest absolute Gasteiger partial charge is 0.191 e. The summed E-state index contributed by atoms with van der Waals surface area (Å²) < 4.78 is 30.3. The van der Waals surface area contributed by atoms with Gasteiger partial charge < -0.3 is 20.1 Å². The largest absolute Gasteiger partial charge is 0.365 e. The van der Waals surface area contributed by atoms with E-state index in [4.69, 9.17) is 0 Å². The monoisotopic (exact) mass is 532 g/mol. The number of para-hydroxylation sites is 1. The van der Waals surface area contributed by atoms with Gasteiger partial charge in [0.25, 0.3) is 0 Å². The molecule has 6 nitrogen and oxygen atoms in total. The van der Waals surface area contributed by atoms with Crippen molar-refractivity contribution < 1.29 is 8.78 Å². The van der Waals surface area contributed by atoms with Crippen LogP contribution in [0.4, 0.5) is 14.5 Å². The summed E-state index contributed by atoms with van der Waals surface area (Å²) in [6.45, 7) is 9.55. The summed E-state index contributed by atoms with van der Waals surface area (Å²) >= 11 is 0. The van der Waals surface area contributed by atoms with Crippen molar-refractivity contribution in [3.05, 3.63) is 48.1 Å². The molecule has 0 amide bonds. The van der Waals surface area contributed by atoms with Crippen molar-refractivity contribution in [3.63, 3.8) is 0 Å². The fourth-order valence-corrected chi connectivity index (χ4v) is 3.59. The zero-order chi connectivity index (χ0) is 20.8. The lowest BCUT2D eigenvalue weighted by atomic mass is 10.2. The van der Waals surface area contributed by atoms with Gasteiger partial charge in [-0.15, -0.1) is 24.0 Å². The van der Waals surface area contributed by atoms with E-state index in [1.807, 2.05) is 13.1 Å². The molecule has 30 heavy (non-hydrogen) atoms. The number of hydrogen-bond acceptors (Lipinski definition) is 3. The highest BCUT2D eigenvalue weighted by Gasteiger charge is 2.27. The molecule has 0 bridgehead atoms. The Hall–Kier alpha value is -1.91.